The number of nitrogens with zero attached hydrogens (tertiary/aromatic N) is 3. The van der Waals surface area contributed by atoms with Gasteiger partial charge in [0.05, 0.1) is 7.11 Å². The Hall–Kier alpha value is -3.35. The Labute approximate surface area is 157 Å². The largest absolute Gasteiger partial charge is 0.493 e. The molecule has 0 aliphatic carbocycles. The van der Waals surface area contributed by atoms with Gasteiger partial charge in [0.1, 0.15) is 0 Å². The van der Waals surface area contributed by atoms with Crippen molar-refractivity contribution < 1.29 is 18.8 Å². The third-order valence-electron chi connectivity index (χ3n) is 4.07. The molecule has 0 aliphatic heterocycles. The number of amides is 1. The molecule has 0 atom stereocenters. The molecule has 1 amide bonds. The molecule has 2 aromatic carbocycles. The summed E-state index contributed by atoms with van der Waals surface area (Å²) in [6, 6.07) is 13.1. The van der Waals surface area contributed by atoms with Crippen molar-refractivity contribution in [3.8, 4) is 34.3 Å². The van der Waals surface area contributed by atoms with Crippen LogP contribution in [0.25, 0.3) is 22.8 Å². The molecule has 27 heavy (non-hydrogen) atoms. The van der Waals surface area contributed by atoms with Gasteiger partial charge in [-0.1, -0.05) is 23.4 Å². The molecule has 3 rings (SSSR count). The van der Waals surface area contributed by atoms with E-state index in [0.29, 0.717) is 23.2 Å². The summed E-state index contributed by atoms with van der Waals surface area (Å²) >= 11 is 0. The number of ether oxygens (including phenoxy) is 2. The van der Waals surface area contributed by atoms with Crippen LogP contribution in [-0.2, 0) is 4.79 Å². The lowest BCUT2D eigenvalue weighted by atomic mass is 10.1. The van der Waals surface area contributed by atoms with Crippen LogP contribution in [0.5, 0.6) is 11.5 Å². The Balaban J connectivity index is 1.84. The fraction of sp³-hybridized carbons (Fsp3) is 0.250. The average molecular weight is 367 g/mol. The van der Waals surface area contributed by atoms with Gasteiger partial charge in [0.15, 0.2) is 18.1 Å². The Bertz CT molecular complexity index is 950. The van der Waals surface area contributed by atoms with Gasteiger partial charge in [0.25, 0.3) is 11.8 Å². The monoisotopic (exact) mass is 367 g/mol. The van der Waals surface area contributed by atoms with Gasteiger partial charge >= 0.3 is 0 Å². The molecule has 140 valence electrons. The topological polar surface area (TPSA) is 77.7 Å². The van der Waals surface area contributed by atoms with E-state index < -0.39 is 0 Å². The van der Waals surface area contributed by atoms with Crippen molar-refractivity contribution in [2.45, 2.75) is 6.92 Å². The normalized spacial score (nSPS) is 10.5. The molecule has 3 aromatic rings. The fourth-order valence-corrected chi connectivity index (χ4v) is 2.46. The zero-order valence-electron chi connectivity index (χ0n) is 15.7. The Kier molecular flexibility index (Phi) is 5.40. The zero-order chi connectivity index (χ0) is 19.4. The Morgan fingerprint density at radius 3 is 2.63 bits per heavy atom. The van der Waals surface area contributed by atoms with Gasteiger partial charge in [-0.05, 0) is 36.8 Å². The van der Waals surface area contributed by atoms with E-state index in [-0.39, 0.29) is 12.5 Å². The lowest BCUT2D eigenvalue weighted by Gasteiger charge is -2.13. The maximum atomic E-state index is 11.7. The quantitative estimate of drug-likeness (QED) is 0.666. The van der Waals surface area contributed by atoms with Gasteiger partial charge < -0.3 is 18.9 Å². The first-order chi connectivity index (χ1) is 13.0. The van der Waals surface area contributed by atoms with Crippen molar-refractivity contribution in [2.75, 3.05) is 27.8 Å². The molecule has 0 unspecified atom stereocenters. The van der Waals surface area contributed by atoms with E-state index in [0.717, 1.165) is 16.7 Å². The summed E-state index contributed by atoms with van der Waals surface area (Å²) in [7, 11) is 4.89. The second kappa shape index (κ2) is 7.90. The van der Waals surface area contributed by atoms with Crippen molar-refractivity contribution in [2.24, 2.45) is 0 Å². The number of hydrogen-bond acceptors (Lipinski definition) is 6. The summed E-state index contributed by atoms with van der Waals surface area (Å²) < 4.78 is 16.3. The molecule has 0 aliphatic rings. The second-order valence-electron chi connectivity index (χ2n) is 6.18. The smallest absolute Gasteiger partial charge is 0.259 e. The van der Waals surface area contributed by atoms with Gasteiger partial charge in [-0.15, -0.1) is 0 Å². The first-order valence-corrected chi connectivity index (χ1v) is 8.40. The van der Waals surface area contributed by atoms with Gasteiger partial charge in [-0.2, -0.15) is 4.98 Å². The predicted molar refractivity (Wildman–Crippen MR) is 101 cm³/mol. The molecule has 0 saturated carbocycles. The van der Waals surface area contributed by atoms with Gasteiger partial charge in [-0.25, -0.2) is 0 Å². The highest BCUT2D eigenvalue weighted by Gasteiger charge is 2.15. The second-order valence-corrected chi connectivity index (χ2v) is 6.18. The van der Waals surface area contributed by atoms with Crippen LogP contribution < -0.4 is 9.47 Å². The minimum Gasteiger partial charge on any atom is -0.493 e. The fourth-order valence-electron chi connectivity index (χ4n) is 2.46. The summed E-state index contributed by atoms with van der Waals surface area (Å²) in [5.74, 6) is 1.73. The van der Waals surface area contributed by atoms with Crippen molar-refractivity contribution in [3.63, 3.8) is 0 Å². The van der Waals surface area contributed by atoms with E-state index in [1.807, 2.05) is 31.2 Å². The number of methoxy groups -OCH3 is 1. The summed E-state index contributed by atoms with van der Waals surface area (Å²) in [5, 5.41) is 4.06. The lowest BCUT2D eigenvalue weighted by Crippen LogP contribution is -2.27. The van der Waals surface area contributed by atoms with Gasteiger partial charge in [-0.3, -0.25) is 4.79 Å². The van der Waals surface area contributed by atoms with Crippen LogP contribution in [0.3, 0.4) is 0 Å². The van der Waals surface area contributed by atoms with Crippen LogP contribution in [0, 0.1) is 6.92 Å². The highest BCUT2D eigenvalue weighted by Crippen LogP contribution is 2.32. The van der Waals surface area contributed by atoms with Crippen molar-refractivity contribution in [3.05, 3.63) is 48.0 Å². The maximum absolute atomic E-state index is 11.7. The van der Waals surface area contributed by atoms with E-state index in [1.54, 1.807) is 32.3 Å². The van der Waals surface area contributed by atoms with E-state index in [9.17, 15) is 4.79 Å². The summed E-state index contributed by atoms with van der Waals surface area (Å²) in [6.45, 7) is 1.92. The first kappa shape index (κ1) is 18.4. The number of carbonyl (C=O) groups is 1. The van der Waals surface area contributed by atoms with Crippen LogP contribution in [0.2, 0.25) is 0 Å². The van der Waals surface area contributed by atoms with Crippen LogP contribution in [0.15, 0.2) is 47.0 Å². The first-order valence-electron chi connectivity index (χ1n) is 8.40. The molecule has 1 aromatic heterocycles. The van der Waals surface area contributed by atoms with Crippen LogP contribution in [0.1, 0.15) is 5.56 Å². The summed E-state index contributed by atoms with van der Waals surface area (Å²) in [4.78, 5) is 17.6. The minimum atomic E-state index is -0.137. The Morgan fingerprint density at radius 1 is 1.15 bits per heavy atom. The van der Waals surface area contributed by atoms with Crippen molar-refractivity contribution in [1.29, 1.82) is 0 Å². The number of rotatable bonds is 6. The Morgan fingerprint density at radius 2 is 1.93 bits per heavy atom. The van der Waals surface area contributed by atoms with E-state index in [2.05, 4.69) is 10.1 Å². The third kappa shape index (κ3) is 4.08. The number of benzene rings is 2. The minimum absolute atomic E-state index is 0.0671. The summed E-state index contributed by atoms with van der Waals surface area (Å²) in [5.41, 5.74) is 2.67. The maximum Gasteiger partial charge on any atom is 0.259 e. The van der Waals surface area contributed by atoms with Crippen molar-refractivity contribution >= 4 is 5.91 Å². The van der Waals surface area contributed by atoms with E-state index >= 15 is 0 Å². The SMILES string of the molecule is COc1cc(-c2noc(-c3ccccc3C)n2)ccc1OCC(=O)N(C)C. The van der Waals surface area contributed by atoms with Crippen molar-refractivity contribution in [1.82, 2.24) is 15.0 Å². The molecule has 0 saturated heterocycles. The molecule has 0 radical (unpaired) electrons. The van der Waals surface area contributed by atoms with Crippen LogP contribution in [-0.4, -0.2) is 48.8 Å². The zero-order valence-corrected chi connectivity index (χ0v) is 15.7. The molecule has 0 fully saturated rings. The third-order valence-corrected chi connectivity index (χ3v) is 4.07. The molecular weight excluding hydrogens is 346 g/mol. The van der Waals surface area contributed by atoms with E-state index in [4.69, 9.17) is 14.0 Å². The molecule has 0 N–H and O–H groups in total. The standard InChI is InChI=1S/C20H21N3O4/c1-13-7-5-6-8-15(13)20-21-19(22-27-20)14-9-10-16(17(11-14)25-4)26-12-18(24)23(2)3/h5-11H,12H2,1-4H3. The molecule has 7 nitrogen and oxygen atoms in total. The lowest BCUT2D eigenvalue weighted by molar-refractivity contribution is -0.130. The molecule has 7 heteroatoms. The average Bonchev–Trinajstić information content (AvgIpc) is 3.16. The summed E-state index contributed by atoms with van der Waals surface area (Å²) in [6.07, 6.45) is 0. The van der Waals surface area contributed by atoms with Crippen LogP contribution >= 0.6 is 0 Å². The highest BCUT2D eigenvalue weighted by atomic mass is 16.5. The van der Waals surface area contributed by atoms with Crippen LogP contribution in [0.4, 0.5) is 0 Å². The molecular formula is C20H21N3O4. The molecule has 0 spiro atoms. The predicted octanol–water partition coefficient (Wildman–Crippen LogP) is 3.19. The number of likely N-dealkylation sites (N-methyl/N-ethyl adjacent to an activating group) is 1. The van der Waals surface area contributed by atoms with Gasteiger partial charge in [0.2, 0.25) is 5.82 Å². The number of hydrogen-bond donors (Lipinski definition) is 0. The number of aromatic nitrogens is 2. The number of carbonyl (C=O) groups excluding carboxylic acids is 1. The molecule has 0 bridgehead atoms. The number of aryl methyl sites for hydroxylation is 1. The van der Waals surface area contributed by atoms with Gasteiger partial charge in [0, 0.05) is 25.2 Å². The van der Waals surface area contributed by atoms with E-state index in [1.165, 1.54) is 12.0 Å². The highest BCUT2D eigenvalue weighted by molar-refractivity contribution is 5.77. The molecule has 1 heterocycles.